The first kappa shape index (κ1) is 19.2. The highest BCUT2D eigenvalue weighted by Gasteiger charge is 2.14. The second-order valence-electron chi connectivity index (χ2n) is 5.59. The number of nitrogens with one attached hydrogen (secondary N) is 4. The lowest BCUT2D eigenvalue weighted by Gasteiger charge is -2.12. The molecular weight excluding hydrogens is 308 g/mol. The van der Waals surface area contributed by atoms with Gasteiger partial charge in [-0.05, 0) is 38.0 Å². The average Bonchev–Trinajstić information content (AvgIpc) is 2.52. The molecule has 0 aliphatic rings. The number of hydrogen-bond donors (Lipinski definition) is 4. The molecule has 0 atom stereocenters. The smallest absolute Gasteiger partial charge is 0.327 e. The van der Waals surface area contributed by atoms with Gasteiger partial charge in [-0.25, -0.2) is 0 Å². The van der Waals surface area contributed by atoms with Crippen molar-refractivity contribution in [1.29, 1.82) is 0 Å². The molecule has 0 aliphatic carbocycles. The molecule has 0 aromatic heterocycles. The van der Waals surface area contributed by atoms with E-state index in [-0.39, 0.29) is 24.1 Å². The number of benzene rings is 1. The minimum absolute atomic E-state index is 0.00143. The first-order valence-electron chi connectivity index (χ1n) is 7.75. The summed E-state index contributed by atoms with van der Waals surface area (Å²) in [6, 6.07) is 7.23. The van der Waals surface area contributed by atoms with Gasteiger partial charge < -0.3 is 16.1 Å². The van der Waals surface area contributed by atoms with Gasteiger partial charge in [0.2, 0.25) is 5.91 Å². The van der Waals surface area contributed by atoms with Crippen LogP contribution in [-0.2, 0) is 20.8 Å². The number of carbonyl (C=O) groups excluding carboxylic acids is 3. The third kappa shape index (κ3) is 6.95. The van der Waals surface area contributed by atoms with Crippen LogP contribution < -0.4 is 21.5 Å². The highest BCUT2D eigenvalue weighted by Crippen LogP contribution is 2.09. The summed E-state index contributed by atoms with van der Waals surface area (Å²) in [6.45, 7) is 9.33. The van der Waals surface area contributed by atoms with Gasteiger partial charge in [0.25, 0.3) is 0 Å². The molecule has 0 heterocycles. The van der Waals surface area contributed by atoms with Crippen LogP contribution in [0.3, 0.4) is 0 Å². The molecule has 7 heteroatoms. The number of hydrazine groups is 1. The van der Waals surface area contributed by atoms with E-state index in [1.807, 2.05) is 32.9 Å². The lowest BCUT2D eigenvalue weighted by atomic mass is 10.1. The summed E-state index contributed by atoms with van der Waals surface area (Å²) in [5.74, 6) is -1.91. The molecular formula is C17H24N4O3. The van der Waals surface area contributed by atoms with Gasteiger partial charge in [0.1, 0.15) is 0 Å². The minimum atomic E-state index is -0.875. The van der Waals surface area contributed by atoms with Crippen LogP contribution in [0.15, 0.2) is 36.5 Å². The number of anilines is 1. The van der Waals surface area contributed by atoms with Crippen molar-refractivity contribution in [3.63, 3.8) is 0 Å². The maximum atomic E-state index is 11.8. The Kier molecular flexibility index (Phi) is 7.48. The molecule has 3 amide bonds. The number of aryl methyl sites for hydroxylation is 1. The molecule has 0 fully saturated rings. The Morgan fingerprint density at radius 3 is 2.21 bits per heavy atom. The van der Waals surface area contributed by atoms with Crippen molar-refractivity contribution in [3.8, 4) is 0 Å². The van der Waals surface area contributed by atoms with Crippen molar-refractivity contribution in [2.45, 2.75) is 39.7 Å². The molecule has 1 aromatic rings. The fraction of sp³-hybridized carbons (Fsp3) is 0.353. The van der Waals surface area contributed by atoms with E-state index >= 15 is 0 Å². The predicted octanol–water partition coefficient (Wildman–Crippen LogP) is 1.24. The van der Waals surface area contributed by atoms with Gasteiger partial charge in [0.15, 0.2) is 0 Å². The molecule has 1 aromatic carbocycles. The summed E-state index contributed by atoms with van der Waals surface area (Å²) in [5, 5.41) is 5.18. The Balaban J connectivity index is 2.39. The summed E-state index contributed by atoms with van der Waals surface area (Å²) in [6.07, 6.45) is 0.893. The molecule has 0 radical (unpaired) electrons. The number of amides is 3. The summed E-state index contributed by atoms with van der Waals surface area (Å²) < 4.78 is 0. The van der Waals surface area contributed by atoms with E-state index in [0.717, 1.165) is 12.0 Å². The van der Waals surface area contributed by atoms with Crippen molar-refractivity contribution in [2.75, 3.05) is 5.32 Å². The summed E-state index contributed by atoms with van der Waals surface area (Å²) in [5.41, 5.74) is 6.60. The van der Waals surface area contributed by atoms with Gasteiger partial charge >= 0.3 is 11.8 Å². The van der Waals surface area contributed by atoms with Crippen LogP contribution in [0.4, 0.5) is 5.69 Å². The molecule has 0 unspecified atom stereocenters. The lowest BCUT2D eigenvalue weighted by molar-refractivity contribution is -0.136. The van der Waals surface area contributed by atoms with Crippen LogP contribution >= 0.6 is 0 Å². The topological polar surface area (TPSA) is 99.3 Å². The van der Waals surface area contributed by atoms with Gasteiger partial charge in [-0.1, -0.05) is 25.6 Å². The molecule has 4 N–H and O–H groups in total. The van der Waals surface area contributed by atoms with E-state index in [1.165, 1.54) is 0 Å². The van der Waals surface area contributed by atoms with Crippen molar-refractivity contribution in [3.05, 3.63) is 42.1 Å². The Bertz CT molecular complexity index is 609. The second-order valence-corrected chi connectivity index (χ2v) is 5.59. The Morgan fingerprint density at radius 1 is 1.04 bits per heavy atom. The molecule has 0 spiro atoms. The zero-order valence-corrected chi connectivity index (χ0v) is 14.2. The highest BCUT2D eigenvalue weighted by atomic mass is 16.2. The van der Waals surface area contributed by atoms with E-state index in [4.69, 9.17) is 0 Å². The van der Waals surface area contributed by atoms with Crippen molar-refractivity contribution in [1.82, 2.24) is 16.2 Å². The summed E-state index contributed by atoms with van der Waals surface area (Å²) in [7, 11) is 0. The van der Waals surface area contributed by atoms with E-state index < -0.39 is 11.8 Å². The predicted molar refractivity (Wildman–Crippen MR) is 92.8 cm³/mol. The van der Waals surface area contributed by atoms with E-state index in [1.54, 1.807) is 12.1 Å². The summed E-state index contributed by atoms with van der Waals surface area (Å²) >= 11 is 0. The minimum Gasteiger partial charge on any atom is -0.354 e. The van der Waals surface area contributed by atoms with E-state index in [0.29, 0.717) is 5.69 Å². The van der Waals surface area contributed by atoms with Gasteiger partial charge in [0, 0.05) is 17.4 Å². The molecule has 1 rings (SSSR count). The quantitative estimate of drug-likeness (QED) is 0.446. The first-order chi connectivity index (χ1) is 11.3. The normalized spacial score (nSPS) is 10.0. The third-order valence-corrected chi connectivity index (χ3v) is 3.00. The number of rotatable bonds is 7. The summed E-state index contributed by atoms with van der Waals surface area (Å²) in [4.78, 5) is 35.0. The highest BCUT2D eigenvalue weighted by molar-refractivity contribution is 6.39. The molecule has 0 aliphatic heterocycles. The fourth-order valence-electron chi connectivity index (χ4n) is 1.82. The molecule has 0 bridgehead atoms. The molecule has 0 saturated carbocycles. The van der Waals surface area contributed by atoms with Gasteiger partial charge in [-0.15, -0.1) is 0 Å². The van der Waals surface area contributed by atoms with Gasteiger partial charge in [-0.2, -0.15) is 0 Å². The third-order valence-electron chi connectivity index (χ3n) is 3.00. The zero-order chi connectivity index (χ0) is 18.1. The Morgan fingerprint density at radius 2 is 1.67 bits per heavy atom. The van der Waals surface area contributed by atoms with Crippen molar-refractivity contribution < 1.29 is 14.4 Å². The maximum Gasteiger partial charge on any atom is 0.327 e. The second kappa shape index (κ2) is 9.34. The first-order valence-corrected chi connectivity index (χ1v) is 7.75. The molecule has 130 valence electrons. The number of hydrogen-bond acceptors (Lipinski definition) is 4. The Labute approximate surface area is 141 Å². The van der Waals surface area contributed by atoms with E-state index in [2.05, 4.69) is 28.1 Å². The fourth-order valence-corrected chi connectivity index (χ4v) is 1.82. The van der Waals surface area contributed by atoms with Crippen LogP contribution in [0, 0.1) is 0 Å². The van der Waals surface area contributed by atoms with Crippen LogP contribution in [0.2, 0.25) is 0 Å². The molecule has 24 heavy (non-hydrogen) atoms. The lowest BCUT2D eigenvalue weighted by Crippen LogP contribution is -2.44. The standard InChI is InChI=1S/C17H24N4O3/c1-5-13-6-8-14(9-7-13)19-16(23)17(24)21-20-12(4)10-15(22)18-11(2)3/h6-9,11,20H,4-5,10H2,1-3H3,(H,18,22)(H,19,23)(H,21,24). The van der Waals surface area contributed by atoms with Crippen LogP contribution in [0.1, 0.15) is 32.8 Å². The SMILES string of the molecule is C=C(CC(=O)NC(C)C)NNC(=O)C(=O)Nc1ccc(CC)cc1. The van der Waals surface area contributed by atoms with E-state index in [9.17, 15) is 14.4 Å². The average molecular weight is 332 g/mol. The zero-order valence-electron chi connectivity index (χ0n) is 14.2. The molecule has 0 saturated heterocycles. The maximum absolute atomic E-state index is 11.8. The number of carbonyl (C=O) groups is 3. The van der Waals surface area contributed by atoms with Gasteiger partial charge in [0.05, 0.1) is 6.42 Å². The van der Waals surface area contributed by atoms with Crippen molar-refractivity contribution >= 4 is 23.4 Å². The van der Waals surface area contributed by atoms with Crippen LogP contribution in [-0.4, -0.2) is 23.8 Å². The Hall–Kier alpha value is -2.83. The largest absolute Gasteiger partial charge is 0.354 e. The van der Waals surface area contributed by atoms with Crippen LogP contribution in [0.5, 0.6) is 0 Å². The van der Waals surface area contributed by atoms with Crippen molar-refractivity contribution in [2.24, 2.45) is 0 Å². The monoisotopic (exact) mass is 332 g/mol. The molecule has 7 nitrogen and oxygen atoms in total. The van der Waals surface area contributed by atoms with Gasteiger partial charge in [-0.3, -0.25) is 19.8 Å². The van der Waals surface area contributed by atoms with Crippen LogP contribution in [0.25, 0.3) is 0 Å².